The van der Waals surface area contributed by atoms with E-state index in [9.17, 15) is 4.79 Å². The van der Waals surface area contributed by atoms with Gasteiger partial charge in [0.2, 0.25) is 0 Å². The summed E-state index contributed by atoms with van der Waals surface area (Å²) in [6.07, 6.45) is 7.94. The van der Waals surface area contributed by atoms with E-state index in [-0.39, 0.29) is 5.69 Å². The van der Waals surface area contributed by atoms with Gasteiger partial charge in [-0.3, -0.25) is 0 Å². The van der Waals surface area contributed by atoms with Crippen LogP contribution < -0.4 is 5.32 Å². The van der Waals surface area contributed by atoms with E-state index in [1.165, 1.54) is 38.1 Å². The summed E-state index contributed by atoms with van der Waals surface area (Å²) < 4.78 is 0. The Balaban J connectivity index is 1.80. The van der Waals surface area contributed by atoms with Gasteiger partial charge >= 0.3 is 5.97 Å². The molecule has 0 saturated heterocycles. The minimum Gasteiger partial charge on any atom is -0.476 e. The van der Waals surface area contributed by atoms with Gasteiger partial charge in [-0.1, -0.05) is 0 Å². The Morgan fingerprint density at radius 1 is 1.24 bits per heavy atom. The van der Waals surface area contributed by atoms with E-state index >= 15 is 0 Å². The molecule has 0 atom stereocenters. The molecule has 0 radical (unpaired) electrons. The van der Waals surface area contributed by atoms with E-state index in [0.717, 1.165) is 0 Å². The van der Waals surface area contributed by atoms with Gasteiger partial charge in [0.15, 0.2) is 11.5 Å². The summed E-state index contributed by atoms with van der Waals surface area (Å²) in [5.74, 6) is 0.798. The molecule has 0 spiro atoms. The van der Waals surface area contributed by atoms with Crippen molar-refractivity contribution in [3.8, 4) is 0 Å². The second-order valence-electron chi connectivity index (χ2n) is 4.90. The molecule has 2 aliphatic carbocycles. The third-order valence-electron chi connectivity index (χ3n) is 3.46. The molecule has 90 valence electrons. The minimum absolute atomic E-state index is 0.0267. The number of aromatic carboxylic acids is 1. The van der Waals surface area contributed by atoms with Crippen molar-refractivity contribution < 1.29 is 9.90 Å². The zero-order valence-corrected chi connectivity index (χ0v) is 9.47. The normalized spacial score (nSPS) is 19.4. The first-order valence-electron chi connectivity index (χ1n) is 6.06. The molecule has 5 heteroatoms. The highest BCUT2D eigenvalue weighted by Crippen LogP contribution is 2.45. The predicted octanol–water partition coefficient (Wildman–Crippen LogP) is 1.78. The van der Waals surface area contributed by atoms with Crippen LogP contribution in [-0.2, 0) is 0 Å². The fourth-order valence-corrected chi connectivity index (χ4v) is 2.29. The highest BCUT2D eigenvalue weighted by molar-refractivity contribution is 5.90. The highest BCUT2D eigenvalue weighted by Gasteiger charge is 2.42. The van der Waals surface area contributed by atoms with E-state index < -0.39 is 5.97 Å². The first-order valence-corrected chi connectivity index (χ1v) is 6.06. The monoisotopic (exact) mass is 233 g/mol. The number of aromatic nitrogens is 2. The van der Waals surface area contributed by atoms with E-state index in [2.05, 4.69) is 15.3 Å². The summed E-state index contributed by atoms with van der Waals surface area (Å²) in [7, 11) is 0. The molecule has 1 heterocycles. The van der Waals surface area contributed by atoms with E-state index in [0.29, 0.717) is 23.7 Å². The summed E-state index contributed by atoms with van der Waals surface area (Å²) in [6, 6.07) is 0.393. The quantitative estimate of drug-likeness (QED) is 0.810. The van der Waals surface area contributed by atoms with Crippen LogP contribution in [-0.4, -0.2) is 27.1 Å². The predicted molar refractivity (Wildman–Crippen MR) is 61.9 cm³/mol. The average molecular weight is 233 g/mol. The number of carboxylic acid groups (broad SMARTS) is 1. The van der Waals surface area contributed by atoms with Crippen molar-refractivity contribution in [2.45, 2.75) is 31.7 Å². The Labute approximate surface area is 99.3 Å². The molecule has 0 unspecified atom stereocenters. The number of carbonyl (C=O) groups is 1. The van der Waals surface area contributed by atoms with Crippen molar-refractivity contribution in [3.63, 3.8) is 0 Å². The lowest BCUT2D eigenvalue weighted by Crippen LogP contribution is -2.26. The van der Waals surface area contributed by atoms with Crippen LogP contribution in [0.3, 0.4) is 0 Å². The van der Waals surface area contributed by atoms with Crippen LogP contribution in [0, 0.1) is 11.8 Å². The Morgan fingerprint density at radius 3 is 2.35 bits per heavy atom. The SMILES string of the molecule is O=C(O)c1nccnc1NC(C1CC1)C1CC1. The molecule has 0 amide bonds. The van der Waals surface area contributed by atoms with Crippen LogP contribution in [0.15, 0.2) is 12.4 Å². The Morgan fingerprint density at radius 2 is 1.82 bits per heavy atom. The fraction of sp³-hybridized carbons (Fsp3) is 0.583. The van der Waals surface area contributed by atoms with Gasteiger partial charge in [0, 0.05) is 18.4 Å². The molecule has 2 aliphatic rings. The van der Waals surface area contributed by atoms with Crippen LogP contribution in [0.2, 0.25) is 0 Å². The molecule has 0 bridgehead atoms. The lowest BCUT2D eigenvalue weighted by atomic mass is 10.1. The average Bonchev–Trinajstić information content (AvgIpc) is 3.16. The molecule has 2 N–H and O–H groups in total. The molecule has 0 aliphatic heterocycles. The summed E-state index contributed by atoms with van der Waals surface area (Å²) in [5, 5.41) is 12.3. The van der Waals surface area contributed by atoms with Crippen LogP contribution in [0.4, 0.5) is 5.82 Å². The molecular formula is C12H15N3O2. The number of anilines is 1. The van der Waals surface area contributed by atoms with Gasteiger partial charge in [-0.05, 0) is 37.5 Å². The Hall–Kier alpha value is -1.65. The maximum Gasteiger partial charge on any atom is 0.358 e. The molecule has 1 aromatic heterocycles. The number of nitrogens with one attached hydrogen (secondary N) is 1. The van der Waals surface area contributed by atoms with E-state index in [1.54, 1.807) is 0 Å². The standard InChI is InChI=1S/C12H15N3O2/c16-12(17)10-11(14-6-5-13-10)15-9(7-1-2-7)8-3-4-8/h5-9H,1-4H2,(H,14,15)(H,16,17). The zero-order valence-electron chi connectivity index (χ0n) is 9.47. The topological polar surface area (TPSA) is 75.1 Å². The van der Waals surface area contributed by atoms with Gasteiger partial charge < -0.3 is 10.4 Å². The minimum atomic E-state index is -1.02. The molecule has 5 nitrogen and oxygen atoms in total. The number of hydrogen-bond donors (Lipinski definition) is 2. The maximum absolute atomic E-state index is 11.0. The third kappa shape index (κ3) is 2.23. The summed E-state index contributed by atoms with van der Waals surface area (Å²) in [5.41, 5.74) is 0.0267. The smallest absolute Gasteiger partial charge is 0.358 e. The number of nitrogens with zero attached hydrogens (tertiary/aromatic N) is 2. The van der Waals surface area contributed by atoms with Gasteiger partial charge in [-0.15, -0.1) is 0 Å². The second kappa shape index (κ2) is 3.98. The Bertz CT molecular complexity index is 429. The van der Waals surface area contributed by atoms with Gasteiger partial charge in [-0.2, -0.15) is 0 Å². The first kappa shape index (κ1) is 10.5. The number of carboxylic acids is 1. The van der Waals surface area contributed by atoms with Gasteiger partial charge in [0.1, 0.15) is 0 Å². The van der Waals surface area contributed by atoms with E-state index in [4.69, 9.17) is 5.11 Å². The lowest BCUT2D eigenvalue weighted by molar-refractivity contribution is 0.0691. The van der Waals surface area contributed by atoms with Gasteiger partial charge in [0.25, 0.3) is 0 Å². The van der Waals surface area contributed by atoms with Crippen molar-refractivity contribution in [2.24, 2.45) is 11.8 Å². The molecule has 3 rings (SSSR count). The van der Waals surface area contributed by atoms with Crippen molar-refractivity contribution in [1.82, 2.24) is 9.97 Å². The first-order chi connectivity index (χ1) is 8.25. The zero-order chi connectivity index (χ0) is 11.8. The molecule has 1 aromatic rings. The lowest BCUT2D eigenvalue weighted by Gasteiger charge is -2.18. The third-order valence-corrected chi connectivity index (χ3v) is 3.46. The molecular weight excluding hydrogens is 218 g/mol. The van der Waals surface area contributed by atoms with Crippen molar-refractivity contribution in [1.29, 1.82) is 0 Å². The molecule has 17 heavy (non-hydrogen) atoms. The molecule has 2 saturated carbocycles. The summed E-state index contributed by atoms with van der Waals surface area (Å²) >= 11 is 0. The maximum atomic E-state index is 11.0. The van der Waals surface area contributed by atoms with Crippen molar-refractivity contribution >= 4 is 11.8 Å². The van der Waals surface area contributed by atoms with Crippen molar-refractivity contribution in [2.75, 3.05) is 5.32 Å². The van der Waals surface area contributed by atoms with Gasteiger partial charge in [0.05, 0.1) is 0 Å². The fourth-order valence-electron chi connectivity index (χ4n) is 2.29. The largest absolute Gasteiger partial charge is 0.476 e. The van der Waals surface area contributed by atoms with Crippen LogP contribution >= 0.6 is 0 Å². The van der Waals surface area contributed by atoms with Crippen LogP contribution in [0.5, 0.6) is 0 Å². The van der Waals surface area contributed by atoms with Crippen molar-refractivity contribution in [3.05, 3.63) is 18.1 Å². The van der Waals surface area contributed by atoms with Gasteiger partial charge in [-0.25, -0.2) is 14.8 Å². The molecule has 0 aromatic carbocycles. The van der Waals surface area contributed by atoms with E-state index in [1.807, 2.05) is 0 Å². The van der Waals surface area contributed by atoms with Crippen LogP contribution in [0.1, 0.15) is 36.2 Å². The number of hydrogen-bond acceptors (Lipinski definition) is 4. The summed E-state index contributed by atoms with van der Waals surface area (Å²) in [4.78, 5) is 19.0. The molecule has 2 fully saturated rings. The highest BCUT2D eigenvalue weighted by atomic mass is 16.4. The second-order valence-corrected chi connectivity index (χ2v) is 4.90. The summed E-state index contributed by atoms with van der Waals surface area (Å²) in [6.45, 7) is 0. The Kier molecular flexibility index (Phi) is 2.46. The van der Waals surface area contributed by atoms with Crippen LogP contribution in [0.25, 0.3) is 0 Å². The number of rotatable bonds is 5.